The fourth-order valence-electron chi connectivity index (χ4n) is 1.13. The van der Waals surface area contributed by atoms with Gasteiger partial charge in [-0.25, -0.2) is 9.20 Å². The SMILES string of the molecule is O=S1C(C(F)(F)F)=Nc2ccccc21. The lowest BCUT2D eigenvalue weighted by molar-refractivity contribution is -0.0555. The minimum Gasteiger partial charge on any atom is -0.247 e. The first-order valence-corrected chi connectivity index (χ1v) is 4.82. The van der Waals surface area contributed by atoms with E-state index in [1.807, 2.05) is 0 Å². The van der Waals surface area contributed by atoms with E-state index in [1.54, 1.807) is 6.07 Å². The van der Waals surface area contributed by atoms with Gasteiger partial charge in [0.25, 0.3) is 0 Å². The van der Waals surface area contributed by atoms with Gasteiger partial charge in [-0.3, -0.25) is 0 Å². The van der Waals surface area contributed by atoms with Crippen molar-refractivity contribution < 1.29 is 17.4 Å². The zero-order chi connectivity index (χ0) is 10.3. The molecule has 0 amide bonds. The molecule has 0 aromatic heterocycles. The lowest BCUT2D eigenvalue weighted by Crippen LogP contribution is -2.24. The second kappa shape index (κ2) is 2.91. The van der Waals surface area contributed by atoms with E-state index >= 15 is 0 Å². The predicted molar refractivity (Wildman–Crippen MR) is 46.0 cm³/mol. The number of hydrogen-bond acceptors (Lipinski definition) is 2. The van der Waals surface area contributed by atoms with Crippen LogP contribution in [0.3, 0.4) is 0 Å². The molecule has 1 heterocycles. The molecule has 1 aromatic carbocycles. The second-order valence-corrected chi connectivity index (χ2v) is 4.02. The van der Waals surface area contributed by atoms with Gasteiger partial charge in [-0.05, 0) is 12.1 Å². The first kappa shape index (κ1) is 9.39. The summed E-state index contributed by atoms with van der Waals surface area (Å²) in [5.74, 6) is 0. The third-order valence-electron chi connectivity index (χ3n) is 1.71. The third-order valence-corrected chi connectivity index (χ3v) is 3.12. The van der Waals surface area contributed by atoms with Gasteiger partial charge >= 0.3 is 6.18 Å². The molecule has 2 nitrogen and oxygen atoms in total. The van der Waals surface area contributed by atoms with E-state index in [1.165, 1.54) is 18.2 Å². The zero-order valence-electron chi connectivity index (χ0n) is 6.71. The van der Waals surface area contributed by atoms with Gasteiger partial charge in [0, 0.05) is 0 Å². The largest absolute Gasteiger partial charge is 0.442 e. The van der Waals surface area contributed by atoms with Gasteiger partial charge in [0.1, 0.15) is 10.8 Å². The van der Waals surface area contributed by atoms with Crippen molar-refractivity contribution in [1.82, 2.24) is 0 Å². The normalized spacial score (nSPS) is 20.5. The van der Waals surface area contributed by atoms with Crippen LogP contribution in [0.15, 0.2) is 34.2 Å². The van der Waals surface area contributed by atoms with Crippen LogP contribution in [-0.4, -0.2) is 15.4 Å². The van der Waals surface area contributed by atoms with Crippen LogP contribution in [-0.2, 0) is 10.8 Å². The first-order valence-electron chi connectivity index (χ1n) is 3.67. The maximum atomic E-state index is 12.3. The summed E-state index contributed by atoms with van der Waals surface area (Å²) in [7, 11) is -2.18. The lowest BCUT2D eigenvalue weighted by Gasteiger charge is -2.02. The van der Waals surface area contributed by atoms with E-state index < -0.39 is 22.0 Å². The highest BCUT2D eigenvalue weighted by molar-refractivity contribution is 8.01. The molecular weight excluding hydrogens is 215 g/mol. The molecule has 6 heteroatoms. The van der Waals surface area contributed by atoms with Crippen molar-refractivity contribution in [3.63, 3.8) is 0 Å². The van der Waals surface area contributed by atoms with Crippen molar-refractivity contribution in [2.75, 3.05) is 0 Å². The van der Waals surface area contributed by atoms with Gasteiger partial charge in [-0.2, -0.15) is 13.2 Å². The minimum atomic E-state index is -4.62. The van der Waals surface area contributed by atoms with Gasteiger partial charge in [-0.1, -0.05) is 12.1 Å². The van der Waals surface area contributed by atoms with Crippen LogP contribution < -0.4 is 0 Å². The number of hydrogen-bond donors (Lipinski definition) is 0. The molecule has 1 aliphatic rings. The highest BCUT2D eigenvalue weighted by atomic mass is 32.2. The first-order chi connectivity index (χ1) is 6.50. The Balaban J connectivity index is 2.53. The van der Waals surface area contributed by atoms with Crippen molar-refractivity contribution in [2.45, 2.75) is 11.1 Å². The Hall–Kier alpha value is -1.17. The van der Waals surface area contributed by atoms with Crippen molar-refractivity contribution in [1.29, 1.82) is 0 Å². The summed E-state index contributed by atoms with van der Waals surface area (Å²) >= 11 is 0. The summed E-state index contributed by atoms with van der Waals surface area (Å²) in [5, 5.41) is -1.22. The molecule has 1 unspecified atom stereocenters. The van der Waals surface area contributed by atoms with Gasteiger partial charge in [0.2, 0.25) is 5.04 Å². The van der Waals surface area contributed by atoms with Gasteiger partial charge in [0.15, 0.2) is 0 Å². The molecule has 1 aromatic rings. The van der Waals surface area contributed by atoms with Crippen molar-refractivity contribution in [2.24, 2.45) is 4.99 Å². The molecule has 0 fully saturated rings. The number of nitrogens with zero attached hydrogens (tertiary/aromatic N) is 1. The van der Waals surface area contributed by atoms with E-state index in [9.17, 15) is 17.4 Å². The summed E-state index contributed by atoms with van der Waals surface area (Å²) in [5.41, 5.74) is 0.137. The second-order valence-electron chi connectivity index (χ2n) is 2.65. The highest BCUT2D eigenvalue weighted by Crippen LogP contribution is 2.35. The molecule has 0 saturated heterocycles. The Morgan fingerprint density at radius 2 is 1.86 bits per heavy atom. The van der Waals surface area contributed by atoms with Crippen molar-refractivity contribution in [3.8, 4) is 0 Å². The monoisotopic (exact) mass is 219 g/mol. The lowest BCUT2D eigenvalue weighted by atomic mass is 10.3. The topological polar surface area (TPSA) is 29.4 Å². The van der Waals surface area contributed by atoms with Crippen LogP contribution in [0.5, 0.6) is 0 Å². The van der Waals surface area contributed by atoms with E-state index in [4.69, 9.17) is 0 Å². The predicted octanol–water partition coefficient (Wildman–Crippen LogP) is 2.40. The number of fused-ring (bicyclic) bond motifs is 1. The zero-order valence-corrected chi connectivity index (χ0v) is 7.52. The number of alkyl halides is 3. The Morgan fingerprint density at radius 1 is 1.21 bits per heavy atom. The summed E-state index contributed by atoms with van der Waals surface area (Å²) < 4.78 is 48.1. The molecule has 1 atom stereocenters. The highest BCUT2D eigenvalue weighted by Gasteiger charge is 2.44. The maximum absolute atomic E-state index is 12.3. The van der Waals surface area contributed by atoms with Crippen LogP contribution in [0.2, 0.25) is 0 Å². The average Bonchev–Trinajstić information content (AvgIpc) is 2.44. The molecule has 14 heavy (non-hydrogen) atoms. The molecule has 2 rings (SSSR count). The molecule has 1 aliphatic heterocycles. The number of halogens is 3. The average molecular weight is 219 g/mol. The minimum absolute atomic E-state index is 0.125. The standard InChI is InChI=1S/C8H4F3NOS/c9-8(10,11)7-12-5-3-1-2-4-6(5)14(7)13/h1-4H. The van der Waals surface area contributed by atoms with E-state index in [0.29, 0.717) is 0 Å². The van der Waals surface area contributed by atoms with Gasteiger partial charge in [0.05, 0.1) is 10.6 Å². The fourth-order valence-corrected chi connectivity index (χ4v) is 2.24. The number of aliphatic imine (C=N–C) groups is 1. The molecule has 0 radical (unpaired) electrons. The maximum Gasteiger partial charge on any atom is 0.442 e. The molecule has 0 N–H and O–H groups in total. The molecule has 0 aliphatic carbocycles. The van der Waals surface area contributed by atoms with Crippen LogP contribution in [0.25, 0.3) is 0 Å². The van der Waals surface area contributed by atoms with Crippen LogP contribution in [0.4, 0.5) is 18.9 Å². The van der Waals surface area contributed by atoms with E-state index in [2.05, 4.69) is 4.99 Å². The summed E-state index contributed by atoms with van der Waals surface area (Å²) in [6.45, 7) is 0. The van der Waals surface area contributed by atoms with E-state index in [0.717, 1.165) is 0 Å². The Morgan fingerprint density at radius 3 is 2.43 bits per heavy atom. The quantitative estimate of drug-likeness (QED) is 0.658. The number of para-hydroxylation sites is 1. The molecule has 0 bridgehead atoms. The van der Waals surface area contributed by atoms with Crippen LogP contribution in [0, 0.1) is 0 Å². The van der Waals surface area contributed by atoms with Crippen LogP contribution in [0.1, 0.15) is 0 Å². The number of rotatable bonds is 0. The smallest absolute Gasteiger partial charge is 0.247 e. The molecular formula is C8H4F3NOS. The van der Waals surface area contributed by atoms with Crippen molar-refractivity contribution >= 4 is 21.5 Å². The fraction of sp³-hybridized carbons (Fsp3) is 0.125. The Labute approximate surface area is 79.9 Å². The summed E-state index contributed by atoms with van der Waals surface area (Å²) in [6, 6.07) is 5.88. The summed E-state index contributed by atoms with van der Waals surface area (Å²) in [4.78, 5) is 3.42. The number of benzene rings is 1. The molecule has 0 spiro atoms. The Bertz CT molecular complexity index is 438. The molecule has 0 saturated carbocycles. The third kappa shape index (κ3) is 1.35. The van der Waals surface area contributed by atoms with Gasteiger partial charge < -0.3 is 0 Å². The summed E-state index contributed by atoms with van der Waals surface area (Å²) in [6.07, 6.45) is -4.62. The molecule has 74 valence electrons. The van der Waals surface area contributed by atoms with E-state index in [-0.39, 0.29) is 10.6 Å². The van der Waals surface area contributed by atoms with Crippen molar-refractivity contribution in [3.05, 3.63) is 24.3 Å². The van der Waals surface area contributed by atoms with Crippen LogP contribution >= 0.6 is 0 Å². The van der Waals surface area contributed by atoms with Gasteiger partial charge in [-0.15, -0.1) is 0 Å². The Kier molecular flexibility index (Phi) is 1.95.